The zero-order valence-corrected chi connectivity index (χ0v) is 15.9. The maximum absolute atomic E-state index is 11.2. The van der Waals surface area contributed by atoms with Crippen LogP contribution in [0.4, 0.5) is 0 Å². The number of rotatable bonds is 15. The summed E-state index contributed by atoms with van der Waals surface area (Å²) in [5, 5.41) is -0.451. The molecule has 1 aromatic carbocycles. The lowest BCUT2D eigenvalue weighted by Gasteiger charge is -2.15. The van der Waals surface area contributed by atoms with Crippen LogP contribution in [0.3, 0.4) is 0 Å². The van der Waals surface area contributed by atoms with Gasteiger partial charge in [0.05, 0.1) is 46.2 Å². The lowest BCUT2D eigenvalue weighted by Crippen LogP contribution is -2.24. The van der Waals surface area contributed by atoms with Crippen molar-refractivity contribution in [2.24, 2.45) is 5.92 Å². The summed E-state index contributed by atoms with van der Waals surface area (Å²) in [6, 6.07) is 10.0. The minimum Gasteiger partial charge on any atom is -0.377 e. The summed E-state index contributed by atoms with van der Waals surface area (Å²) in [5.41, 5.74) is 1.15. The van der Waals surface area contributed by atoms with Gasteiger partial charge in [-0.2, -0.15) is 0 Å². The lowest BCUT2D eigenvalue weighted by molar-refractivity contribution is -0.124. The predicted molar refractivity (Wildman–Crippen MR) is 97.8 cm³/mol. The molecular weight excluding hydrogens is 344 g/mol. The van der Waals surface area contributed by atoms with E-state index in [0.717, 1.165) is 5.56 Å². The van der Waals surface area contributed by atoms with Crippen molar-refractivity contribution in [3.63, 3.8) is 0 Å². The Morgan fingerprint density at radius 2 is 1.48 bits per heavy atom. The molecular formula is C19H29ClO5. The van der Waals surface area contributed by atoms with Crippen LogP contribution in [0, 0.1) is 5.92 Å². The number of benzene rings is 1. The lowest BCUT2D eigenvalue weighted by atomic mass is 10.1. The van der Waals surface area contributed by atoms with E-state index in [4.69, 9.17) is 30.5 Å². The quantitative estimate of drug-likeness (QED) is 0.349. The van der Waals surface area contributed by atoms with Gasteiger partial charge in [0.2, 0.25) is 5.24 Å². The fourth-order valence-corrected chi connectivity index (χ4v) is 2.26. The molecule has 0 N–H and O–H groups in total. The van der Waals surface area contributed by atoms with Gasteiger partial charge in [-0.15, -0.1) is 0 Å². The molecule has 1 aromatic rings. The Kier molecular flexibility index (Phi) is 12.5. The highest BCUT2D eigenvalue weighted by Crippen LogP contribution is 2.11. The van der Waals surface area contributed by atoms with Gasteiger partial charge in [0.15, 0.2) is 0 Å². The van der Waals surface area contributed by atoms with Crippen LogP contribution in [0.2, 0.25) is 0 Å². The van der Waals surface area contributed by atoms with Crippen LogP contribution in [-0.2, 0) is 30.3 Å². The maximum atomic E-state index is 11.2. The second-order valence-electron chi connectivity index (χ2n) is 6.06. The second-order valence-corrected chi connectivity index (χ2v) is 6.43. The van der Waals surface area contributed by atoms with Crippen LogP contribution in [0.25, 0.3) is 0 Å². The van der Waals surface area contributed by atoms with Crippen molar-refractivity contribution >= 4 is 16.8 Å². The first-order chi connectivity index (χ1) is 12.1. The van der Waals surface area contributed by atoms with Gasteiger partial charge in [-0.3, -0.25) is 4.79 Å². The second kappa shape index (κ2) is 14.2. The Morgan fingerprint density at radius 3 is 2.04 bits per heavy atom. The summed E-state index contributed by atoms with van der Waals surface area (Å²) < 4.78 is 21.8. The summed E-state index contributed by atoms with van der Waals surface area (Å²) in [6.07, 6.45) is 0.0670. The average Bonchev–Trinajstić information content (AvgIpc) is 2.59. The number of halogens is 1. The van der Waals surface area contributed by atoms with Crippen LogP contribution in [-0.4, -0.2) is 51.0 Å². The smallest absolute Gasteiger partial charge is 0.250 e. The number of hydrogen-bond donors (Lipinski definition) is 0. The SMILES string of the molecule is CC(C)CC(OCCOCCOCCOCc1ccccc1)C(=O)Cl. The summed E-state index contributed by atoms with van der Waals surface area (Å²) in [7, 11) is 0. The van der Waals surface area contributed by atoms with Gasteiger partial charge in [-0.05, 0) is 29.5 Å². The van der Waals surface area contributed by atoms with Crippen LogP contribution in [0.1, 0.15) is 25.8 Å². The molecule has 1 atom stereocenters. The highest BCUT2D eigenvalue weighted by Gasteiger charge is 2.18. The number of ether oxygens (including phenoxy) is 4. The molecule has 0 saturated carbocycles. The van der Waals surface area contributed by atoms with Crippen molar-refractivity contribution in [3.8, 4) is 0 Å². The van der Waals surface area contributed by atoms with Crippen LogP contribution < -0.4 is 0 Å². The van der Waals surface area contributed by atoms with E-state index in [1.165, 1.54) is 0 Å². The molecule has 0 aliphatic heterocycles. The molecule has 0 radical (unpaired) electrons. The van der Waals surface area contributed by atoms with Crippen molar-refractivity contribution in [1.82, 2.24) is 0 Å². The summed E-state index contributed by atoms with van der Waals surface area (Å²) in [4.78, 5) is 11.2. The third-order valence-corrected chi connectivity index (χ3v) is 3.58. The van der Waals surface area contributed by atoms with E-state index in [1.807, 2.05) is 44.2 Å². The van der Waals surface area contributed by atoms with E-state index in [2.05, 4.69) is 0 Å². The van der Waals surface area contributed by atoms with E-state index in [-0.39, 0.29) is 0 Å². The van der Waals surface area contributed by atoms with Crippen LogP contribution in [0.5, 0.6) is 0 Å². The molecule has 0 saturated heterocycles. The minimum atomic E-state index is -0.553. The van der Waals surface area contributed by atoms with E-state index in [1.54, 1.807) is 0 Å². The fourth-order valence-electron chi connectivity index (χ4n) is 2.11. The Bertz CT molecular complexity index is 452. The third kappa shape index (κ3) is 12.1. The van der Waals surface area contributed by atoms with E-state index in [0.29, 0.717) is 58.6 Å². The zero-order valence-electron chi connectivity index (χ0n) is 15.1. The molecule has 0 aromatic heterocycles. The molecule has 6 heteroatoms. The predicted octanol–water partition coefficient (Wildman–Crippen LogP) is 3.43. The summed E-state index contributed by atoms with van der Waals surface area (Å²) in [6.45, 7) is 7.44. The van der Waals surface area contributed by atoms with Crippen molar-refractivity contribution in [3.05, 3.63) is 35.9 Å². The Labute approximate surface area is 155 Å². The van der Waals surface area contributed by atoms with Gasteiger partial charge in [-0.25, -0.2) is 0 Å². The molecule has 0 aliphatic rings. The molecule has 0 fully saturated rings. The van der Waals surface area contributed by atoms with Gasteiger partial charge in [0.1, 0.15) is 6.10 Å². The fraction of sp³-hybridized carbons (Fsp3) is 0.632. The number of carbonyl (C=O) groups excluding carboxylic acids is 1. The largest absolute Gasteiger partial charge is 0.377 e. The molecule has 1 unspecified atom stereocenters. The Hall–Kier alpha value is -0.980. The van der Waals surface area contributed by atoms with E-state index < -0.39 is 11.3 Å². The molecule has 0 heterocycles. The Balaban J connectivity index is 1.89. The molecule has 0 aliphatic carbocycles. The first kappa shape index (κ1) is 22.1. The molecule has 0 amide bonds. The number of hydrogen-bond acceptors (Lipinski definition) is 5. The first-order valence-electron chi connectivity index (χ1n) is 8.67. The van der Waals surface area contributed by atoms with Crippen molar-refractivity contribution in [1.29, 1.82) is 0 Å². The maximum Gasteiger partial charge on any atom is 0.250 e. The summed E-state index contributed by atoms with van der Waals surface area (Å²) >= 11 is 5.51. The van der Waals surface area contributed by atoms with Crippen molar-refractivity contribution in [2.45, 2.75) is 33.0 Å². The minimum absolute atomic E-state index is 0.343. The van der Waals surface area contributed by atoms with E-state index >= 15 is 0 Å². The highest BCUT2D eigenvalue weighted by molar-refractivity contribution is 6.64. The summed E-state index contributed by atoms with van der Waals surface area (Å²) in [5.74, 6) is 0.353. The topological polar surface area (TPSA) is 54.0 Å². The average molecular weight is 373 g/mol. The molecule has 5 nitrogen and oxygen atoms in total. The van der Waals surface area contributed by atoms with Crippen LogP contribution >= 0.6 is 11.6 Å². The van der Waals surface area contributed by atoms with Gasteiger partial charge in [0.25, 0.3) is 0 Å². The number of carbonyl (C=O) groups is 1. The zero-order chi connectivity index (χ0) is 18.3. The standard InChI is InChI=1S/C19H29ClO5/c1-16(2)14-18(19(20)21)25-13-12-23-9-8-22-10-11-24-15-17-6-4-3-5-7-17/h3-7,16,18H,8-15H2,1-2H3. The third-order valence-electron chi connectivity index (χ3n) is 3.34. The first-order valence-corrected chi connectivity index (χ1v) is 9.05. The molecule has 142 valence electrons. The van der Waals surface area contributed by atoms with Gasteiger partial charge >= 0.3 is 0 Å². The van der Waals surface area contributed by atoms with Gasteiger partial charge in [-0.1, -0.05) is 44.2 Å². The molecule has 0 bridgehead atoms. The van der Waals surface area contributed by atoms with Crippen molar-refractivity contribution < 1.29 is 23.7 Å². The van der Waals surface area contributed by atoms with E-state index in [9.17, 15) is 4.79 Å². The molecule has 0 spiro atoms. The van der Waals surface area contributed by atoms with Gasteiger partial charge < -0.3 is 18.9 Å². The Morgan fingerprint density at radius 1 is 0.920 bits per heavy atom. The normalized spacial score (nSPS) is 12.5. The monoisotopic (exact) mass is 372 g/mol. The molecule has 25 heavy (non-hydrogen) atoms. The molecule has 1 rings (SSSR count). The van der Waals surface area contributed by atoms with Crippen LogP contribution in [0.15, 0.2) is 30.3 Å². The van der Waals surface area contributed by atoms with Crippen molar-refractivity contribution in [2.75, 3.05) is 39.6 Å². The highest BCUT2D eigenvalue weighted by atomic mass is 35.5. The van der Waals surface area contributed by atoms with Gasteiger partial charge in [0, 0.05) is 0 Å².